The van der Waals surface area contributed by atoms with E-state index in [1.54, 1.807) is 36.4 Å². The number of halogens is 3. The van der Waals surface area contributed by atoms with E-state index in [0.717, 1.165) is 11.1 Å². The van der Waals surface area contributed by atoms with E-state index >= 15 is 0 Å². The maximum Gasteiger partial charge on any atom is 0.451 e. The van der Waals surface area contributed by atoms with E-state index in [4.69, 9.17) is 19.0 Å². The second kappa shape index (κ2) is 10.4. The first-order valence-corrected chi connectivity index (χ1v) is 11.4. The lowest BCUT2D eigenvalue weighted by Crippen LogP contribution is -2.37. The van der Waals surface area contributed by atoms with Crippen LogP contribution < -0.4 is 9.47 Å². The molecule has 4 rings (SSSR count). The highest BCUT2D eigenvalue weighted by atomic mass is 19.4. The van der Waals surface area contributed by atoms with Crippen molar-refractivity contribution in [2.75, 3.05) is 6.61 Å². The Labute approximate surface area is 211 Å². The fourth-order valence-corrected chi connectivity index (χ4v) is 3.51. The number of carboxylic acid groups (broad SMARTS) is 1. The number of aliphatic carboxylic acids is 1. The van der Waals surface area contributed by atoms with Gasteiger partial charge in [0.2, 0.25) is 11.7 Å². The standard InChI is InChI=1S/C28H24F3NO5/c1-27(2,26(33)34)37-22-14-12-21(13-15-22)35-17-16-23-24(28(29,30)31)36-25(32-23)20-10-8-19(9-11-20)18-6-4-3-5-7-18/h3-15H,16-17H2,1-2H3,(H,33,34). The highest BCUT2D eigenvalue weighted by molar-refractivity contribution is 5.76. The second-order valence-electron chi connectivity index (χ2n) is 8.72. The van der Waals surface area contributed by atoms with Crippen LogP contribution in [0.1, 0.15) is 25.3 Å². The third-order valence-electron chi connectivity index (χ3n) is 5.51. The topological polar surface area (TPSA) is 81.8 Å². The largest absolute Gasteiger partial charge is 0.493 e. The summed E-state index contributed by atoms with van der Waals surface area (Å²) in [7, 11) is 0. The Balaban J connectivity index is 1.44. The summed E-state index contributed by atoms with van der Waals surface area (Å²) >= 11 is 0. The summed E-state index contributed by atoms with van der Waals surface area (Å²) in [6.07, 6.45) is -4.84. The predicted octanol–water partition coefficient (Wildman–Crippen LogP) is 6.89. The minimum absolute atomic E-state index is 0.0805. The monoisotopic (exact) mass is 511 g/mol. The molecule has 9 heteroatoms. The number of ether oxygens (including phenoxy) is 2. The highest BCUT2D eigenvalue weighted by Gasteiger charge is 2.39. The van der Waals surface area contributed by atoms with E-state index in [9.17, 15) is 18.0 Å². The van der Waals surface area contributed by atoms with Crippen molar-refractivity contribution in [3.8, 4) is 34.1 Å². The van der Waals surface area contributed by atoms with Crippen molar-refractivity contribution in [1.82, 2.24) is 4.98 Å². The number of hydrogen-bond acceptors (Lipinski definition) is 5. The molecule has 0 amide bonds. The Morgan fingerprint density at radius 3 is 2.03 bits per heavy atom. The third kappa shape index (κ3) is 6.30. The molecule has 0 atom stereocenters. The SMILES string of the molecule is CC(C)(Oc1ccc(OCCc2nc(-c3ccc(-c4ccccc4)cc3)oc2C(F)(F)F)cc1)C(=O)O. The first-order valence-electron chi connectivity index (χ1n) is 11.4. The number of alkyl halides is 3. The second-order valence-corrected chi connectivity index (χ2v) is 8.72. The van der Waals surface area contributed by atoms with Crippen LogP contribution in [0, 0.1) is 0 Å². The smallest absolute Gasteiger partial charge is 0.451 e. The lowest BCUT2D eigenvalue weighted by atomic mass is 10.0. The predicted molar refractivity (Wildman–Crippen MR) is 130 cm³/mol. The number of hydrogen-bond donors (Lipinski definition) is 1. The molecule has 192 valence electrons. The highest BCUT2D eigenvalue weighted by Crippen LogP contribution is 2.36. The normalized spacial score (nSPS) is 11.8. The summed E-state index contributed by atoms with van der Waals surface area (Å²) in [6.45, 7) is 2.76. The number of rotatable bonds is 9. The molecule has 0 saturated carbocycles. The number of aromatic nitrogens is 1. The average Bonchev–Trinajstić information content (AvgIpc) is 3.30. The Kier molecular flexibility index (Phi) is 7.24. The van der Waals surface area contributed by atoms with E-state index in [0.29, 0.717) is 17.1 Å². The van der Waals surface area contributed by atoms with Crippen LogP contribution in [0.15, 0.2) is 83.3 Å². The molecule has 0 spiro atoms. The molecular weight excluding hydrogens is 487 g/mol. The molecule has 4 aromatic rings. The van der Waals surface area contributed by atoms with Gasteiger partial charge >= 0.3 is 12.1 Å². The fraction of sp³-hybridized carbons (Fsp3) is 0.214. The molecule has 1 aromatic heterocycles. The van der Waals surface area contributed by atoms with Gasteiger partial charge in [-0.15, -0.1) is 0 Å². The molecule has 0 unspecified atom stereocenters. The van der Waals surface area contributed by atoms with Gasteiger partial charge in [0.25, 0.3) is 0 Å². The van der Waals surface area contributed by atoms with Crippen molar-refractivity contribution in [3.63, 3.8) is 0 Å². The van der Waals surface area contributed by atoms with Gasteiger partial charge in [-0.25, -0.2) is 9.78 Å². The zero-order valence-electron chi connectivity index (χ0n) is 20.1. The van der Waals surface area contributed by atoms with Crippen LogP contribution in [0.5, 0.6) is 11.5 Å². The molecular formula is C28H24F3NO5. The molecule has 3 aromatic carbocycles. The van der Waals surface area contributed by atoms with Crippen LogP contribution in [-0.2, 0) is 17.4 Å². The average molecular weight is 511 g/mol. The summed E-state index contributed by atoms with van der Waals surface area (Å²) in [5.74, 6) is -1.69. The Hall–Kier alpha value is -4.27. The van der Waals surface area contributed by atoms with Gasteiger partial charge in [-0.3, -0.25) is 0 Å². The van der Waals surface area contributed by atoms with Crippen molar-refractivity contribution in [2.45, 2.75) is 32.0 Å². The summed E-state index contributed by atoms with van der Waals surface area (Å²) in [4.78, 5) is 15.3. The van der Waals surface area contributed by atoms with Crippen LogP contribution >= 0.6 is 0 Å². The van der Waals surface area contributed by atoms with Crippen molar-refractivity contribution < 1.29 is 37.0 Å². The summed E-state index contributed by atoms with van der Waals surface area (Å²) in [5, 5.41) is 9.15. The lowest BCUT2D eigenvalue weighted by Gasteiger charge is -2.21. The Bertz CT molecular complexity index is 1350. The van der Waals surface area contributed by atoms with Gasteiger partial charge in [0, 0.05) is 12.0 Å². The van der Waals surface area contributed by atoms with E-state index in [-0.39, 0.29) is 24.6 Å². The molecule has 0 radical (unpaired) electrons. The molecule has 0 aliphatic heterocycles. The van der Waals surface area contributed by atoms with Crippen molar-refractivity contribution >= 4 is 5.97 Å². The minimum atomic E-state index is -4.71. The van der Waals surface area contributed by atoms with Crippen LogP contribution in [0.25, 0.3) is 22.6 Å². The van der Waals surface area contributed by atoms with E-state index in [1.807, 2.05) is 30.3 Å². The number of oxazole rings is 1. The van der Waals surface area contributed by atoms with Gasteiger partial charge in [-0.1, -0.05) is 42.5 Å². The van der Waals surface area contributed by atoms with Crippen molar-refractivity contribution in [1.29, 1.82) is 0 Å². The van der Waals surface area contributed by atoms with Crippen LogP contribution in [0.4, 0.5) is 13.2 Å². The third-order valence-corrected chi connectivity index (χ3v) is 5.51. The zero-order chi connectivity index (χ0) is 26.6. The number of carboxylic acids is 1. The summed E-state index contributed by atoms with van der Waals surface area (Å²) in [6, 6.07) is 22.7. The van der Waals surface area contributed by atoms with E-state index < -0.39 is 23.5 Å². The van der Waals surface area contributed by atoms with E-state index in [1.165, 1.54) is 26.0 Å². The van der Waals surface area contributed by atoms with Crippen LogP contribution in [-0.4, -0.2) is 28.3 Å². The summed E-state index contributed by atoms with van der Waals surface area (Å²) < 4.78 is 57.0. The molecule has 37 heavy (non-hydrogen) atoms. The molecule has 1 heterocycles. The van der Waals surface area contributed by atoms with Gasteiger partial charge in [0.05, 0.1) is 12.3 Å². The van der Waals surface area contributed by atoms with Gasteiger partial charge in [-0.2, -0.15) is 13.2 Å². The molecule has 6 nitrogen and oxygen atoms in total. The maximum absolute atomic E-state index is 13.6. The molecule has 0 bridgehead atoms. The first-order chi connectivity index (χ1) is 17.5. The Morgan fingerprint density at radius 2 is 1.43 bits per heavy atom. The lowest BCUT2D eigenvalue weighted by molar-refractivity contribution is -0.153. The van der Waals surface area contributed by atoms with Crippen molar-refractivity contribution in [3.05, 3.63) is 90.3 Å². The minimum Gasteiger partial charge on any atom is -0.493 e. The number of benzene rings is 3. The Morgan fingerprint density at radius 1 is 0.865 bits per heavy atom. The van der Waals surface area contributed by atoms with Gasteiger partial charge in [0.1, 0.15) is 11.5 Å². The van der Waals surface area contributed by atoms with Gasteiger partial charge < -0.3 is 19.0 Å². The molecule has 0 saturated heterocycles. The van der Waals surface area contributed by atoms with Crippen LogP contribution in [0.3, 0.4) is 0 Å². The van der Waals surface area contributed by atoms with Crippen molar-refractivity contribution in [2.24, 2.45) is 0 Å². The van der Waals surface area contributed by atoms with Gasteiger partial charge in [-0.05, 0) is 61.4 Å². The molecule has 0 aliphatic rings. The zero-order valence-corrected chi connectivity index (χ0v) is 20.1. The van der Waals surface area contributed by atoms with Gasteiger partial charge in [0.15, 0.2) is 5.60 Å². The number of carbonyl (C=O) groups is 1. The summed E-state index contributed by atoms with van der Waals surface area (Å²) in [5.41, 5.74) is 0.669. The number of nitrogens with zero attached hydrogens (tertiary/aromatic N) is 1. The first kappa shape index (κ1) is 25.8. The molecule has 0 aliphatic carbocycles. The van der Waals surface area contributed by atoms with E-state index in [2.05, 4.69) is 4.98 Å². The van der Waals surface area contributed by atoms with Crippen LogP contribution in [0.2, 0.25) is 0 Å². The molecule has 1 N–H and O–H groups in total. The quantitative estimate of drug-likeness (QED) is 0.264. The fourth-order valence-electron chi connectivity index (χ4n) is 3.51. The molecule has 0 fully saturated rings. The maximum atomic E-state index is 13.6.